The van der Waals surface area contributed by atoms with Gasteiger partial charge in [-0.05, 0) is 36.9 Å². The fourth-order valence-corrected chi connectivity index (χ4v) is 4.78. The van der Waals surface area contributed by atoms with Crippen molar-refractivity contribution >= 4 is 20.1 Å². The van der Waals surface area contributed by atoms with Crippen LogP contribution >= 0.6 is 0 Å². The van der Waals surface area contributed by atoms with Crippen LogP contribution < -0.4 is 11.1 Å². The molecule has 0 aliphatic carbocycles. The summed E-state index contributed by atoms with van der Waals surface area (Å²) in [6.07, 6.45) is 0.991. The number of aliphatic carboxylic acids is 1. The third-order valence-corrected chi connectivity index (χ3v) is 8.07. The highest BCUT2D eigenvalue weighted by atomic mass is 28.3. The number of benzene rings is 1. The Morgan fingerprint density at radius 2 is 1.85 bits per heavy atom. The maximum Gasteiger partial charge on any atom is 0.408 e. The van der Waals surface area contributed by atoms with E-state index in [1.54, 1.807) is 0 Å². The molecule has 6 nitrogen and oxygen atoms in total. The highest BCUT2D eigenvalue weighted by molar-refractivity contribution is 6.78. The number of nitrogens with two attached hydrogens (primary N) is 1. The molecule has 0 heterocycles. The first kappa shape index (κ1) is 22.2. The fraction of sp³-hybridized carbons (Fsp3) is 0.579. The number of nitrogens with one attached hydrogen (secondary N) is 1. The first-order chi connectivity index (χ1) is 12.1. The highest BCUT2D eigenvalue weighted by Crippen LogP contribution is 2.37. The van der Waals surface area contributed by atoms with Crippen LogP contribution in [-0.2, 0) is 16.1 Å². The maximum atomic E-state index is 12.4. The lowest BCUT2D eigenvalue weighted by molar-refractivity contribution is -0.145. The maximum absolute atomic E-state index is 12.4. The minimum atomic E-state index is -1.86. The molecule has 1 aromatic carbocycles. The molecule has 0 spiro atoms. The molecule has 0 fully saturated rings. The van der Waals surface area contributed by atoms with E-state index < -0.39 is 25.7 Å². The van der Waals surface area contributed by atoms with E-state index in [9.17, 15) is 14.7 Å². The van der Waals surface area contributed by atoms with Crippen molar-refractivity contribution in [3.05, 3.63) is 35.9 Å². The summed E-state index contributed by atoms with van der Waals surface area (Å²) in [5, 5.41) is 12.7. The van der Waals surface area contributed by atoms with E-state index in [4.69, 9.17) is 10.5 Å². The summed E-state index contributed by atoms with van der Waals surface area (Å²) in [4.78, 5) is 24.6. The largest absolute Gasteiger partial charge is 0.480 e. The van der Waals surface area contributed by atoms with Crippen LogP contribution in [0.3, 0.4) is 0 Å². The van der Waals surface area contributed by atoms with Crippen molar-refractivity contribution in [1.82, 2.24) is 5.32 Å². The molecule has 0 aliphatic heterocycles. The topological polar surface area (TPSA) is 102 Å². The predicted octanol–water partition coefficient (Wildman–Crippen LogP) is 3.59. The molecule has 0 saturated heterocycles. The SMILES string of the molecule is CC([C@@](CCCCN)(NC(=O)OCc1ccccc1)C(=O)O)[Si](C)(C)C. The Balaban J connectivity index is 2.94. The minimum Gasteiger partial charge on any atom is -0.480 e. The zero-order valence-corrected chi connectivity index (χ0v) is 17.2. The van der Waals surface area contributed by atoms with Gasteiger partial charge in [0.15, 0.2) is 0 Å². The molecule has 0 aliphatic rings. The Kier molecular flexibility index (Phi) is 8.30. The number of carbonyl (C=O) groups excluding carboxylic acids is 1. The molecule has 0 bridgehead atoms. The quantitative estimate of drug-likeness (QED) is 0.425. The summed E-state index contributed by atoms with van der Waals surface area (Å²) >= 11 is 0. The van der Waals surface area contributed by atoms with Gasteiger partial charge in [0.05, 0.1) is 8.07 Å². The monoisotopic (exact) mass is 380 g/mol. The van der Waals surface area contributed by atoms with Crippen molar-refractivity contribution in [3.63, 3.8) is 0 Å². The normalized spacial score (nSPS) is 15.0. The van der Waals surface area contributed by atoms with Crippen LogP contribution in [0.5, 0.6) is 0 Å². The number of rotatable bonds is 10. The molecule has 2 atom stereocenters. The van der Waals surface area contributed by atoms with Crippen LogP contribution in [0.25, 0.3) is 0 Å². The van der Waals surface area contributed by atoms with E-state index in [0.717, 1.165) is 5.56 Å². The van der Waals surface area contributed by atoms with Crippen LogP contribution in [0.15, 0.2) is 30.3 Å². The first-order valence-electron chi connectivity index (χ1n) is 9.06. The number of carboxylic acids is 1. The summed E-state index contributed by atoms with van der Waals surface area (Å²) in [6, 6.07) is 9.30. The lowest BCUT2D eigenvalue weighted by Crippen LogP contribution is -2.61. The van der Waals surface area contributed by atoms with Crippen molar-refractivity contribution < 1.29 is 19.4 Å². The van der Waals surface area contributed by atoms with Gasteiger partial charge in [-0.15, -0.1) is 0 Å². The van der Waals surface area contributed by atoms with E-state index in [-0.39, 0.29) is 12.1 Å². The molecular formula is C19H32N2O4Si. The lowest BCUT2D eigenvalue weighted by atomic mass is 9.89. The molecule has 7 heteroatoms. The zero-order chi connectivity index (χ0) is 19.8. The molecular weight excluding hydrogens is 348 g/mol. The van der Waals surface area contributed by atoms with Crippen LogP contribution in [0.2, 0.25) is 25.2 Å². The van der Waals surface area contributed by atoms with Gasteiger partial charge in [0.2, 0.25) is 0 Å². The van der Waals surface area contributed by atoms with Gasteiger partial charge < -0.3 is 20.9 Å². The predicted molar refractivity (Wildman–Crippen MR) is 106 cm³/mol. The van der Waals surface area contributed by atoms with E-state index in [0.29, 0.717) is 25.8 Å². The standard InChI is InChI=1S/C19H32N2O4Si/c1-15(26(2,3)4)19(17(22)23,12-8-9-13-20)21-18(24)25-14-16-10-6-5-7-11-16/h5-7,10-11,15H,8-9,12-14,20H2,1-4H3,(H,21,24)(H,22,23)/t15?,19-/m1/s1. The number of ether oxygens (including phenoxy) is 1. The van der Waals surface area contributed by atoms with E-state index in [2.05, 4.69) is 25.0 Å². The zero-order valence-electron chi connectivity index (χ0n) is 16.2. The molecule has 0 saturated carbocycles. The van der Waals surface area contributed by atoms with Gasteiger partial charge in [0, 0.05) is 0 Å². The molecule has 0 aromatic heterocycles. The van der Waals surface area contributed by atoms with Crippen molar-refractivity contribution in [3.8, 4) is 0 Å². The van der Waals surface area contributed by atoms with Gasteiger partial charge in [0.25, 0.3) is 0 Å². The van der Waals surface area contributed by atoms with Gasteiger partial charge in [-0.1, -0.05) is 56.9 Å². The third-order valence-electron chi connectivity index (χ3n) is 4.98. The third kappa shape index (κ3) is 6.14. The minimum absolute atomic E-state index is 0.104. The molecule has 1 unspecified atom stereocenters. The first-order valence-corrected chi connectivity index (χ1v) is 12.6. The Bertz CT molecular complexity index is 589. The van der Waals surface area contributed by atoms with Crippen molar-refractivity contribution in [2.75, 3.05) is 6.54 Å². The molecule has 146 valence electrons. The summed E-state index contributed by atoms with van der Waals surface area (Å²) in [6.45, 7) is 8.84. The fourth-order valence-electron chi connectivity index (χ4n) is 2.96. The van der Waals surface area contributed by atoms with E-state index in [1.807, 2.05) is 37.3 Å². The summed E-state index contributed by atoms with van der Waals surface area (Å²) in [7, 11) is -1.86. The van der Waals surface area contributed by atoms with Gasteiger partial charge in [-0.2, -0.15) is 0 Å². The molecule has 1 rings (SSSR count). The van der Waals surface area contributed by atoms with Crippen LogP contribution in [0.4, 0.5) is 4.79 Å². The molecule has 26 heavy (non-hydrogen) atoms. The summed E-state index contributed by atoms with van der Waals surface area (Å²) in [5.41, 5.74) is 4.90. The second kappa shape index (κ2) is 9.73. The Hall–Kier alpha value is -1.86. The number of hydrogen-bond donors (Lipinski definition) is 3. The van der Waals surface area contributed by atoms with Gasteiger partial charge in [0.1, 0.15) is 12.1 Å². The highest BCUT2D eigenvalue weighted by Gasteiger charge is 2.49. The van der Waals surface area contributed by atoms with Crippen molar-refractivity contribution in [1.29, 1.82) is 0 Å². The average Bonchev–Trinajstić information content (AvgIpc) is 2.58. The van der Waals surface area contributed by atoms with Crippen LogP contribution in [0, 0.1) is 0 Å². The summed E-state index contributed by atoms with van der Waals surface area (Å²) in [5.74, 6) is -1.01. The number of hydrogen-bond acceptors (Lipinski definition) is 4. The number of alkyl carbamates (subject to hydrolysis) is 1. The average molecular weight is 381 g/mol. The Morgan fingerprint density at radius 3 is 2.35 bits per heavy atom. The van der Waals surface area contributed by atoms with Crippen LogP contribution in [-0.4, -0.2) is 37.3 Å². The lowest BCUT2D eigenvalue weighted by Gasteiger charge is -2.41. The summed E-state index contributed by atoms with van der Waals surface area (Å²) < 4.78 is 5.28. The smallest absolute Gasteiger partial charge is 0.408 e. The number of unbranched alkanes of at least 4 members (excludes halogenated alkanes) is 1. The number of carbonyl (C=O) groups is 2. The Morgan fingerprint density at radius 1 is 1.23 bits per heavy atom. The molecule has 1 aromatic rings. The second-order valence-electron chi connectivity index (χ2n) is 7.80. The molecule has 4 N–H and O–H groups in total. The second-order valence-corrected chi connectivity index (χ2v) is 13.4. The van der Waals surface area contributed by atoms with E-state index >= 15 is 0 Å². The number of amides is 1. The van der Waals surface area contributed by atoms with Crippen molar-refractivity contribution in [2.45, 2.75) is 63.5 Å². The van der Waals surface area contributed by atoms with Gasteiger partial charge in [-0.3, -0.25) is 0 Å². The van der Waals surface area contributed by atoms with Gasteiger partial charge in [-0.25, -0.2) is 9.59 Å². The van der Waals surface area contributed by atoms with Crippen LogP contribution in [0.1, 0.15) is 31.7 Å². The Labute approximate surface area is 157 Å². The van der Waals surface area contributed by atoms with Crippen molar-refractivity contribution in [2.24, 2.45) is 5.73 Å². The number of carboxylic acid groups (broad SMARTS) is 1. The molecule has 1 amide bonds. The molecule has 0 radical (unpaired) electrons. The van der Waals surface area contributed by atoms with Gasteiger partial charge >= 0.3 is 12.1 Å². The van der Waals surface area contributed by atoms with E-state index in [1.165, 1.54) is 0 Å².